The molecular weight excluding hydrogens is 338 g/mol. The van der Waals surface area contributed by atoms with Crippen LogP contribution in [0.5, 0.6) is 0 Å². The summed E-state index contributed by atoms with van der Waals surface area (Å²) in [4.78, 5) is 25.3. The van der Waals surface area contributed by atoms with Gasteiger partial charge in [-0.1, -0.05) is 6.08 Å². The predicted octanol–water partition coefficient (Wildman–Crippen LogP) is 1.87. The van der Waals surface area contributed by atoms with E-state index in [1.807, 2.05) is 35.4 Å². The number of piperidine rings is 1. The minimum Gasteiger partial charge on any atom is -0.452 e. The molecule has 3 unspecified atom stereocenters. The normalized spacial score (nSPS) is 30.8. The second-order valence-electron chi connectivity index (χ2n) is 5.27. The molecule has 1 saturated heterocycles. The smallest absolute Gasteiger partial charge is 0.416 e. The summed E-state index contributed by atoms with van der Waals surface area (Å²) in [7, 11) is 1.29. The highest BCUT2D eigenvalue weighted by molar-refractivity contribution is 9.07. The van der Waals surface area contributed by atoms with Crippen molar-refractivity contribution in [2.75, 3.05) is 7.11 Å². The molecule has 3 heterocycles. The van der Waals surface area contributed by atoms with Gasteiger partial charge in [-0.3, -0.25) is 8.72 Å². The lowest BCUT2D eigenvalue weighted by Gasteiger charge is -2.46. The molecule has 0 saturated carbocycles. The van der Waals surface area contributed by atoms with Crippen LogP contribution < -0.4 is 5.32 Å². The molecule has 3 aliphatic rings. The molecule has 1 N–H and O–H groups in total. The highest BCUT2D eigenvalue weighted by Crippen LogP contribution is 2.42. The minimum absolute atomic E-state index is 0.0121. The standard InChI is InChI=1S/C14H16BrN3O3/c1-8-12-9(6-11(19)18(8)14(20)21-2)7-17(15)13-10(12)4-3-5-16-13/h3-5,7-8,12-13,16H,6H2,1-2H3. The Kier molecular flexibility index (Phi) is 3.52. The molecule has 7 heteroatoms. The average Bonchev–Trinajstić information content (AvgIpc) is 2.46. The number of hydrogen-bond acceptors (Lipinski definition) is 5. The number of methoxy groups -OCH3 is 1. The molecule has 2 amide bonds. The third kappa shape index (κ3) is 2.16. The molecular formula is C14H16BrN3O3. The first-order chi connectivity index (χ1) is 10.0. The second kappa shape index (κ2) is 5.22. The number of nitrogens with zero attached hydrogens (tertiary/aromatic N) is 2. The van der Waals surface area contributed by atoms with Crippen LogP contribution in [0.15, 0.2) is 35.7 Å². The van der Waals surface area contributed by atoms with Gasteiger partial charge in [0.15, 0.2) is 0 Å². The van der Waals surface area contributed by atoms with Crippen molar-refractivity contribution in [2.45, 2.75) is 25.6 Å². The molecule has 0 aromatic carbocycles. The molecule has 0 spiro atoms. The molecule has 21 heavy (non-hydrogen) atoms. The topological polar surface area (TPSA) is 61.9 Å². The van der Waals surface area contributed by atoms with Gasteiger partial charge in [0.1, 0.15) is 6.17 Å². The first kappa shape index (κ1) is 14.2. The van der Waals surface area contributed by atoms with Crippen LogP contribution in [0, 0.1) is 5.92 Å². The van der Waals surface area contributed by atoms with E-state index < -0.39 is 6.09 Å². The summed E-state index contributed by atoms with van der Waals surface area (Å²) in [5.74, 6) is -0.214. The van der Waals surface area contributed by atoms with Gasteiger partial charge in [-0.2, -0.15) is 0 Å². The molecule has 112 valence electrons. The van der Waals surface area contributed by atoms with Gasteiger partial charge in [0, 0.05) is 12.1 Å². The molecule has 6 nitrogen and oxygen atoms in total. The van der Waals surface area contributed by atoms with Gasteiger partial charge in [-0.05, 0) is 30.3 Å². The number of amides is 2. The van der Waals surface area contributed by atoms with E-state index in [0.717, 1.165) is 11.1 Å². The van der Waals surface area contributed by atoms with E-state index in [2.05, 4.69) is 21.5 Å². The quantitative estimate of drug-likeness (QED) is 0.673. The van der Waals surface area contributed by atoms with E-state index in [1.165, 1.54) is 12.0 Å². The van der Waals surface area contributed by atoms with Crippen molar-refractivity contribution in [3.8, 4) is 0 Å². The number of hydrogen-bond donors (Lipinski definition) is 1. The molecule has 0 bridgehead atoms. The summed E-state index contributed by atoms with van der Waals surface area (Å²) in [5.41, 5.74) is 2.13. The zero-order chi connectivity index (χ0) is 15.1. The van der Waals surface area contributed by atoms with Gasteiger partial charge >= 0.3 is 6.09 Å². The number of carbonyl (C=O) groups excluding carboxylic acids is 2. The Morgan fingerprint density at radius 1 is 1.52 bits per heavy atom. The Balaban J connectivity index is 2.02. The van der Waals surface area contributed by atoms with Gasteiger partial charge < -0.3 is 10.1 Å². The molecule has 3 rings (SSSR count). The first-order valence-electron chi connectivity index (χ1n) is 6.72. The summed E-state index contributed by atoms with van der Waals surface area (Å²) in [6.45, 7) is 1.88. The third-order valence-corrected chi connectivity index (χ3v) is 4.75. The average molecular weight is 354 g/mol. The Morgan fingerprint density at radius 3 is 3.00 bits per heavy atom. The van der Waals surface area contributed by atoms with E-state index in [4.69, 9.17) is 4.74 Å². The van der Waals surface area contributed by atoms with Crippen molar-refractivity contribution in [3.05, 3.63) is 35.7 Å². The molecule has 3 aliphatic heterocycles. The molecule has 3 atom stereocenters. The fourth-order valence-electron chi connectivity index (χ4n) is 3.25. The third-order valence-electron chi connectivity index (χ3n) is 4.13. The highest BCUT2D eigenvalue weighted by atomic mass is 79.9. The van der Waals surface area contributed by atoms with Crippen LogP contribution in [0.2, 0.25) is 0 Å². The lowest BCUT2D eigenvalue weighted by atomic mass is 9.76. The summed E-state index contributed by atoms with van der Waals surface area (Å²) in [6.07, 6.45) is 7.39. The number of imide groups is 1. The lowest BCUT2D eigenvalue weighted by molar-refractivity contribution is -0.132. The lowest BCUT2D eigenvalue weighted by Crippen LogP contribution is -2.56. The first-order valence-corrected chi connectivity index (χ1v) is 7.43. The SMILES string of the molecule is COC(=O)N1C(=O)CC2=CN(Br)C3NC=CC=C3C2C1C. The van der Waals surface area contributed by atoms with E-state index in [-0.39, 0.29) is 30.5 Å². The van der Waals surface area contributed by atoms with Crippen LogP contribution in [0.1, 0.15) is 13.3 Å². The second-order valence-corrected chi connectivity index (χ2v) is 6.09. The number of dihydropyridines is 1. The van der Waals surface area contributed by atoms with E-state index in [9.17, 15) is 9.59 Å². The molecule has 0 aromatic rings. The van der Waals surface area contributed by atoms with Gasteiger partial charge in [-0.25, -0.2) is 9.69 Å². The fourth-order valence-corrected chi connectivity index (χ4v) is 3.87. The Bertz CT molecular complexity index is 584. The van der Waals surface area contributed by atoms with Gasteiger partial charge in [0.2, 0.25) is 5.91 Å². The summed E-state index contributed by atoms with van der Waals surface area (Å²) in [5, 5.41) is 3.26. The zero-order valence-electron chi connectivity index (χ0n) is 11.7. The van der Waals surface area contributed by atoms with Crippen molar-refractivity contribution in [1.29, 1.82) is 0 Å². The predicted molar refractivity (Wildman–Crippen MR) is 79.8 cm³/mol. The Morgan fingerprint density at radius 2 is 2.29 bits per heavy atom. The summed E-state index contributed by atoms with van der Waals surface area (Å²) in [6, 6.07) is -0.270. The van der Waals surface area contributed by atoms with Gasteiger partial charge in [-0.15, -0.1) is 0 Å². The van der Waals surface area contributed by atoms with Gasteiger partial charge in [0.05, 0.1) is 35.7 Å². The number of allylic oxidation sites excluding steroid dienone is 2. The fraction of sp³-hybridized carbons (Fsp3) is 0.429. The van der Waals surface area contributed by atoms with Crippen molar-refractivity contribution in [1.82, 2.24) is 14.1 Å². The van der Waals surface area contributed by atoms with E-state index in [1.54, 1.807) is 0 Å². The maximum Gasteiger partial charge on any atom is 0.416 e. The van der Waals surface area contributed by atoms with Crippen LogP contribution in [-0.2, 0) is 9.53 Å². The van der Waals surface area contributed by atoms with Crippen LogP contribution in [0.3, 0.4) is 0 Å². The summed E-state index contributed by atoms with van der Waals surface area (Å²) < 4.78 is 6.62. The maximum absolute atomic E-state index is 12.2. The van der Waals surface area contributed by atoms with Crippen molar-refractivity contribution in [3.63, 3.8) is 0 Å². The van der Waals surface area contributed by atoms with Crippen LogP contribution in [0.25, 0.3) is 0 Å². The molecule has 0 radical (unpaired) electrons. The number of nitrogens with one attached hydrogen (secondary N) is 1. The van der Waals surface area contributed by atoms with Crippen LogP contribution in [-0.4, -0.2) is 40.1 Å². The Hall–Kier alpha value is -1.76. The number of fused-ring (bicyclic) bond motifs is 3. The minimum atomic E-state index is -0.593. The number of rotatable bonds is 0. The van der Waals surface area contributed by atoms with Crippen molar-refractivity contribution < 1.29 is 14.3 Å². The number of likely N-dealkylation sites (tertiary alicyclic amines) is 1. The molecule has 0 aliphatic carbocycles. The molecule has 0 aromatic heterocycles. The number of ether oxygens (including phenoxy) is 1. The summed E-state index contributed by atoms with van der Waals surface area (Å²) >= 11 is 3.49. The van der Waals surface area contributed by atoms with Crippen LogP contribution in [0.4, 0.5) is 4.79 Å². The largest absolute Gasteiger partial charge is 0.452 e. The van der Waals surface area contributed by atoms with Crippen molar-refractivity contribution in [2.24, 2.45) is 5.92 Å². The van der Waals surface area contributed by atoms with E-state index in [0.29, 0.717) is 0 Å². The van der Waals surface area contributed by atoms with E-state index >= 15 is 0 Å². The molecule has 1 fully saturated rings. The number of halogens is 1. The Labute approximate surface area is 131 Å². The number of carbonyl (C=O) groups is 2. The maximum atomic E-state index is 12.2. The van der Waals surface area contributed by atoms with Crippen LogP contribution >= 0.6 is 16.1 Å². The zero-order valence-corrected chi connectivity index (χ0v) is 13.3. The van der Waals surface area contributed by atoms with Gasteiger partial charge in [0.25, 0.3) is 0 Å². The van der Waals surface area contributed by atoms with Crippen molar-refractivity contribution >= 4 is 28.1 Å². The monoisotopic (exact) mass is 353 g/mol. The highest BCUT2D eigenvalue weighted by Gasteiger charge is 2.46.